The maximum Gasteiger partial charge on any atom is 0.295 e. The second-order valence-electron chi connectivity index (χ2n) is 4.39. The van der Waals surface area contributed by atoms with Crippen LogP contribution in [0.2, 0.25) is 0 Å². The summed E-state index contributed by atoms with van der Waals surface area (Å²) in [5.74, 6) is 0.638. The molecule has 2 unspecified atom stereocenters. The number of hydrogen-bond donors (Lipinski definition) is 1. The highest BCUT2D eigenvalue weighted by molar-refractivity contribution is 5.77. The van der Waals surface area contributed by atoms with Gasteiger partial charge in [0.25, 0.3) is 11.7 Å². The van der Waals surface area contributed by atoms with Crippen molar-refractivity contribution in [3.8, 4) is 0 Å². The molecule has 1 aliphatic carbocycles. The van der Waals surface area contributed by atoms with E-state index in [4.69, 9.17) is 4.42 Å². The molecule has 2 atom stereocenters. The number of hydrogen-bond acceptors (Lipinski definition) is 5. The SMILES string of the molecule is CC1CC1Nc1nc2ccc([N+](=O)[O-])cc2o1. The van der Waals surface area contributed by atoms with Crippen molar-refractivity contribution in [2.45, 2.75) is 19.4 Å². The fourth-order valence-corrected chi connectivity index (χ4v) is 1.77. The first-order chi connectivity index (χ1) is 8.13. The van der Waals surface area contributed by atoms with E-state index in [1.807, 2.05) is 0 Å². The smallest absolute Gasteiger partial charge is 0.295 e. The molecule has 0 radical (unpaired) electrons. The number of aromatic nitrogens is 1. The van der Waals surface area contributed by atoms with Crippen molar-refractivity contribution in [2.24, 2.45) is 5.92 Å². The molecular formula is C11H11N3O3. The van der Waals surface area contributed by atoms with Gasteiger partial charge in [-0.05, 0) is 18.4 Å². The highest BCUT2D eigenvalue weighted by Crippen LogP contribution is 2.33. The van der Waals surface area contributed by atoms with Crippen LogP contribution in [0, 0.1) is 16.0 Å². The molecule has 88 valence electrons. The molecule has 1 fully saturated rings. The lowest BCUT2D eigenvalue weighted by Crippen LogP contribution is -2.02. The fourth-order valence-electron chi connectivity index (χ4n) is 1.77. The number of nitrogens with zero attached hydrogens (tertiary/aromatic N) is 2. The van der Waals surface area contributed by atoms with Crippen LogP contribution in [0.4, 0.5) is 11.7 Å². The second-order valence-corrected chi connectivity index (χ2v) is 4.39. The Morgan fingerprint density at radius 3 is 3.00 bits per heavy atom. The van der Waals surface area contributed by atoms with Crippen LogP contribution >= 0.6 is 0 Å². The van der Waals surface area contributed by atoms with Gasteiger partial charge in [0, 0.05) is 12.1 Å². The Morgan fingerprint density at radius 1 is 1.59 bits per heavy atom. The third-order valence-electron chi connectivity index (χ3n) is 3.00. The summed E-state index contributed by atoms with van der Waals surface area (Å²) in [6.45, 7) is 2.14. The van der Waals surface area contributed by atoms with Crippen LogP contribution in [0.25, 0.3) is 11.1 Å². The van der Waals surface area contributed by atoms with Crippen molar-refractivity contribution in [2.75, 3.05) is 5.32 Å². The minimum atomic E-state index is -0.446. The molecule has 0 spiro atoms. The molecule has 0 bridgehead atoms. The molecule has 0 aliphatic heterocycles. The number of oxazole rings is 1. The van der Waals surface area contributed by atoms with E-state index in [1.54, 1.807) is 6.07 Å². The van der Waals surface area contributed by atoms with Gasteiger partial charge >= 0.3 is 0 Å². The highest BCUT2D eigenvalue weighted by atomic mass is 16.6. The van der Waals surface area contributed by atoms with Gasteiger partial charge in [0.15, 0.2) is 5.58 Å². The lowest BCUT2D eigenvalue weighted by atomic mass is 10.3. The molecule has 3 rings (SSSR count). The second kappa shape index (κ2) is 3.44. The molecule has 6 nitrogen and oxygen atoms in total. The van der Waals surface area contributed by atoms with Gasteiger partial charge in [0.05, 0.1) is 11.0 Å². The molecule has 1 aromatic carbocycles. The number of nitro groups is 1. The first-order valence-electron chi connectivity index (χ1n) is 5.45. The Labute approximate surface area is 96.8 Å². The third-order valence-corrected chi connectivity index (χ3v) is 3.00. The number of nitro benzene ring substituents is 1. The molecule has 0 saturated heterocycles. The summed E-state index contributed by atoms with van der Waals surface area (Å²) in [5.41, 5.74) is 1.08. The topological polar surface area (TPSA) is 81.2 Å². The quantitative estimate of drug-likeness (QED) is 0.650. The molecule has 2 aromatic rings. The van der Waals surface area contributed by atoms with Crippen LogP contribution in [0.15, 0.2) is 22.6 Å². The van der Waals surface area contributed by atoms with E-state index in [1.165, 1.54) is 12.1 Å². The molecule has 1 N–H and O–H groups in total. The summed E-state index contributed by atoms with van der Waals surface area (Å²) in [6, 6.07) is 5.27. The minimum Gasteiger partial charge on any atom is -0.423 e. The van der Waals surface area contributed by atoms with Gasteiger partial charge in [-0.15, -0.1) is 0 Å². The standard InChI is InChI=1S/C11H11N3O3/c1-6-4-9(6)13-11-12-8-3-2-7(14(15)16)5-10(8)17-11/h2-3,5-6,9H,4H2,1H3,(H,12,13). The molecule has 6 heteroatoms. The van der Waals surface area contributed by atoms with Crippen molar-refractivity contribution >= 4 is 22.8 Å². The summed E-state index contributed by atoms with van der Waals surface area (Å²) in [6.07, 6.45) is 1.11. The summed E-state index contributed by atoms with van der Waals surface area (Å²) in [5, 5.41) is 13.8. The zero-order valence-corrected chi connectivity index (χ0v) is 9.21. The Hall–Kier alpha value is -2.11. The van der Waals surface area contributed by atoms with Crippen LogP contribution in [-0.4, -0.2) is 15.9 Å². The van der Waals surface area contributed by atoms with Gasteiger partial charge < -0.3 is 9.73 Å². The van der Waals surface area contributed by atoms with Crippen LogP contribution < -0.4 is 5.32 Å². The maximum atomic E-state index is 10.6. The number of rotatable bonds is 3. The van der Waals surface area contributed by atoms with Crippen molar-refractivity contribution in [3.63, 3.8) is 0 Å². The van der Waals surface area contributed by atoms with E-state index < -0.39 is 4.92 Å². The van der Waals surface area contributed by atoms with Crippen LogP contribution in [0.1, 0.15) is 13.3 Å². The fraction of sp³-hybridized carbons (Fsp3) is 0.364. The Bertz CT molecular complexity index is 593. The van der Waals surface area contributed by atoms with Crippen molar-refractivity contribution < 1.29 is 9.34 Å². The van der Waals surface area contributed by atoms with E-state index in [0.29, 0.717) is 29.1 Å². The largest absolute Gasteiger partial charge is 0.423 e. The zero-order chi connectivity index (χ0) is 12.0. The van der Waals surface area contributed by atoms with Crippen LogP contribution in [0.3, 0.4) is 0 Å². The highest BCUT2D eigenvalue weighted by Gasteiger charge is 2.33. The van der Waals surface area contributed by atoms with E-state index in [-0.39, 0.29) is 5.69 Å². The predicted molar refractivity (Wildman–Crippen MR) is 61.9 cm³/mol. The third kappa shape index (κ3) is 1.82. The van der Waals surface area contributed by atoms with E-state index >= 15 is 0 Å². The van der Waals surface area contributed by atoms with Crippen molar-refractivity contribution in [1.82, 2.24) is 4.98 Å². The van der Waals surface area contributed by atoms with Crippen LogP contribution in [0.5, 0.6) is 0 Å². The number of anilines is 1. The Morgan fingerprint density at radius 2 is 2.35 bits per heavy atom. The zero-order valence-electron chi connectivity index (χ0n) is 9.21. The molecule has 1 aromatic heterocycles. The van der Waals surface area contributed by atoms with Gasteiger partial charge in [-0.25, -0.2) is 0 Å². The maximum absolute atomic E-state index is 10.6. The first-order valence-corrected chi connectivity index (χ1v) is 5.45. The molecular weight excluding hydrogens is 222 g/mol. The lowest BCUT2D eigenvalue weighted by molar-refractivity contribution is -0.384. The van der Waals surface area contributed by atoms with Crippen LogP contribution in [-0.2, 0) is 0 Å². The summed E-state index contributed by atoms with van der Waals surface area (Å²) in [4.78, 5) is 14.4. The van der Waals surface area contributed by atoms with Gasteiger partial charge in [0.2, 0.25) is 0 Å². The summed E-state index contributed by atoms with van der Waals surface area (Å²) >= 11 is 0. The Kier molecular flexibility index (Phi) is 2.04. The van der Waals surface area contributed by atoms with E-state index in [0.717, 1.165) is 6.42 Å². The van der Waals surface area contributed by atoms with Crippen molar-refractivity contribution in [1.29, 1.82) is 0 Å². The first kappa shape index (κ1) is 10.1. The molecule has 1 saturated carbocycles. The van der Waals surface area contributed by atoms with Crippen molar-refractivity contribution in [3.05, 3.63) is 28.3 Å². The molecule has 1 aliphatic rings. The number of benzene rings is 1. The monoisotopic (exact) mass is 233 g/mol. The molecule has 17 heavy (non-hydrogen) atoms. The summed E-state index contributed by atoms with van der Waals surface area (Å²) < 4.78 is 5.43. The average Bonchev–Trinajstić information content (AvgIpc) is 2.83. The normalized spacial score (nSPS) is 22.6. The lowest BCUT2D eigenvalue weighted by Gasteiger charge is -1.95. The van der Waals surface area contributed by atoms with Gasteiger partial charge in [-0.2, -0.15) is 4.98 Å². The van der Waals surface area contributed by atoms with E-state index in [2.05, 4.69) is 17.2 Å². The number of fused-ring (bicyclic) bond motifs is 1. The predicted octanol–water partition coefficient (Wildman–Crippen LogP) is 2.56. The Balaban J connectivity index is 1.92. The van der Waals surface area contributed by atoms with E-state index in [9.17, 15) is 10.1 Å². The number of nitrogens with one attached hydrogen (secondary N) is 1. The van der Waals surface area contributed by atoms with Gasteiger partial charge in [-0.3, -0.25) is 10.1 Å². The summed E-state index contributed by atoms with van der Waals surface area (Å²) in [7, 11) is 0. The average molecular weight is 233 g/mol. The van der Waals surface area contributed by atoms with Gasteiger partial charge in [-0.1, -0.05) is 6.92 Å². The molecule has 0 amide bonds. The number of non-ortho nitro benzene ring substituents is 1. The molecule has 1 heterocycles. The minimum absolute atomic E-state index is 0.0139. The van der Waals surface area contributed by atoms with Gasteiger partial charge in [0.1, 0.15) is 5.52 Å².